The molecule has 2 amide bonds. The molecule has 0 aliphatic rings. The van der Waals surface area contributed by atoms with Gasteiger partial charge in [-0.15, -0.1) is 0 Å². The number of anilines is 1. The van der Waals surface area contributed by atoms with E-state index in [0.29, 0.717) is 0 Å². The smallest absolute Gasteiger partial charge is 0.340 e. The van der Waals surface area contributed by atoms with Crippen LogP contribution >= 0.6 is 0 Å². The van der Waals surface area contributed by atoms with Crippen molar-refractivity contribution in [3.63, 3.8) is 0 Å². The Morgan fingerprint density at radius 2 is 1.88 bits per heavy atom. The van der Waals surface area contributed by atoms with Crippen LogP contribution in [0.2, 0.25) is 0 Å². The molecule has 2 aromatic rings. The maximum atomic E-state index is 13.8. The Morgan fingerprint density at radius 3 is 2.46 bits per heavy atom. The lowest BCUT2D eigenvalue weighted by Crippen LogP contribution is -2.33. The molecule has 1 aromatic heterocycles. The number of ether oxygens (including phenoxy) is 1. The number of carbonyl (C=O) groups excluding carboxylic acids is 3. The number of hydrogen-bond donors (Lipinski definition) is 3. The number of amides is 2. The number of primary amides is 2. The van der Waals surface area contributed by atoms with Gasteiger partial charge >= 0.3 is 5.97 Å². The number of carbonyl (C=O) groups is 3. The third-order valence-corrected chi connectivity index (χ3v) is 3.40. The van der Waals surface area contributed by atoms with Crippen LogP contribution in [-0.4, -0.2) is 40.9 Å². The highest BCUT2D eigenvalue weighted by atomic mass is 19.1. The van der Waals surface area contributed by atoms with Crippen LogP contribution < -0.4 is 16.8 Å². The molecule has 1 unspecified atom stereocenters. The van der Waals surface area contributed by atoms with E-state index in [1.54, 1.807) is 0 Å². The summed E-state index contributed by atoms with van der Waals surface area (Å²) in [4.78, 5) is 42.5. The Hall–Kier alpha value is -3.56. The third-order valence-electron chi connectivity index (χ3n) is 3.40. The molecule has 1 heterocycles. The fraction of sp³-hybridized carbons (Fsp3) is 0.188. The van der Waals surface area contributed by atoms with E-state index >= 15 is 0 Å². The zero-order chi connectivity index (χ0) is 19.4. The van der Waals surface area contributed by atoms with E-state index in [1.165, 1.54) is 25.1 Å². The molecule has 26 heavy (non-hydrogen) atoms. The van der Waals surface area contributed by atoms with Gasteiger partial charge in [0.2, 0.25) is 5.91 Å². The lowest BCUT2D eigenvalue weighted by molar-refractivity contribution is -0.118. The first kappa shape index (κ1) is 18.8. The van der Waals surface area contributed by atoms with Crippen molar-refractivity contribution in [2.24, 2.45) is 11.5 Å². The Kier molecular flexibility index (Phi) is 5.45. The number of aromatic nitrogens is 2. The first-order chi connectivity index (χ1) is 12.2. The number of benzene rings is 1. The average Bonchev–Trinajstić information content (AvgIpc) is 2.60. The van der Waals surface area contributed by atoms with Crippen molar-refractivity contribution in [1.82, 2.24) is 9.97 Å². The molecule has 0 aliphatic heterocycles. The van der Waals surface area contributed by atoms with Crippen molar-refractivity contribution < 1.29 is 23.5 Å². The molecule has 1 atom stereocenters. The molecule has 2 rings (SSSR count). The fourth-order valence-electron chi connectivity index (χ4n) is 2.00. The second-order valence-electron chi connectivity index (χ2n) is 5.28. The zero-order valence-electron chi connectivity index (χ0n) is 13.9. The van der Waals surface area contributed by atoms with Crippen molar-refractivity contribution >= 4 is 23.6 Å². The van der Waals surface area contributed by atoms with Crippen LogP contribution in [0.15, 0.2) is 24.3 Å². The maximum absolute atomic E-state index is 13.8. The van der Waals surface area contributed by atoms with Gasteiger partial charge in [-0.25, -0.2) is 19.2 Å². The Bertz CT molecular complexity index is 887. The van der Waals surface area contributed by atoms with Gasteiger partial charge in [0, 0.05) is 11.6 Å². The Labute approximate surface area is 147 Å². The standard InChI is InChI=1S/C16H16FN5O4/c1-7(13(18)23)20-12-6-11(14(19)24)21-15(22-12)8-3-4-10(17)9(5-8)16(25)26-2/h3-7H,1-2H3,(H2,18,23)(H2,19,24)(H,20,21,22). The molecular formula is C16H16FN5O4. The minimum Gasteiger partial charge on any atom is -0.465 e. The van der Waals surface area contributed by atoms with E-state index in [-0.39, 0.29) is 28.5 Å². The van der Waals surface area contributed by atoms with Crippen LogP contribution in [0.3, 0.4) is 0 Å². The molecule has 0 aliphatic carbocycles. The second kappa shape index (κ2) is 7.55. The number of nitrogens with two attached hydrogens (primary N) is 2. The number of methoxy groups -OCH3 is 1. The monoisotopic (exact) mass is 361 g/mol. The quantitative estimate of drug-likeness (QED) is 0.632. The molecule has 10 heteroatoms. The molecule has 0 bridgehead atoms. The number of nitrogens with one attached hydrogen (secondary N) is 1. The first-order valence-electron chi connectivity index (χ1n) is 7.36. The highest BCUT2D eigenvalue weighted by molar-refractivity contribution is 5.93. The number of hydrogen-bond acceptors (Lipinski definition) is 7. The molecule has 9 nitrogen and oxygen atoms in total. The van der Waals surface area contributed by atoms with Gasteiger partial charge in [-0.3, -0.25) is 9.59 Å². The lowest BCUT2D eigenvalue weighted by atomic mass is 10.1. The maximum Gasteiger partial charge on any atom is 0.340 e. The normalized spacial score (nSPS) is 11.5. The lowest BCUT2D eigenvalue weighted by Gasteiger charge is -2.13. The summed E-state index contributed by atoms with van der Waals surface area (Å²) in [5, 5.41) is 2.71. The summed E-state index contributed by atoms with van der Waals surface area (Å²) in [6, 6.07) is 4.01. The highest BCUT2D eigenvalue weighted by Crippen LogP contribution is 2.22. The van der Waals surface area contributed by atoms with Crippen LogP contribution in [0.4, 0.5) is 10.2 Å². The second-order valence-corrected chi connectivity index (χ2v) is 5.28. The van der Waals surface area contributed by atoms with Crippen LogP contribution in [0.1, 0.15) is 27.8 Å². The van der Waals surface area contributed by atoms with E-state index in [1.807, 2.05) is 0 Å². The minimum atomic E-state index is -0.879. The van der Waals surface area contributed by atoms with Crippen molar-refractivity contribution in [3.8, 4) is 11.4 Å². The van der Waals surface area contributed by atoms with Gasteiger partial charge < -0.3 is 21.5 Å². The summed E-state index contributed by atoms with van der Waals surface area (Å²) in [6.45, 7) is 1.50. The van der Waals surface area contributed by atoms with Crippen molar-refractivity contribution in [1.29, 1.82) is 0 Å². The Morgan fingerprint density at radius 1 is 1.19 bits per heavy atom. The van der Waals surface area contributed by atoms with E-state index in [0.717, 1.165) is 13.2 Å². The summed E-state index contributed by atoms with van der Waals surface area (Å²) >= 11 is 0. The molecule has 0 fully saturated rings. The molecule has 136 valence electrons. The summed E-state index contributed by atoms with van der Waals surface area (Å²) in [6.07, 6.45) is 0. The number of esters is 1. The van der Waals surface area contributed by atoms with Crippen molar-refractivity contribution in [2.45, 2.75) is 13.0 Å². The fourth-order valence-corrected chi connectivity index (χ4v) is 2.00. The van der Waals surface area contributed by atoms with Crippen LogP contribution in [0, 0.1) is 5.82 Å². The average molecular weight is 361 g/mol. The highest BCUT2D eigenvalue weighted by Gasteiger charge is 2.17. The first-order valence-corrected chi connectivity index (χ1v) is 7.36. The predicted octanol–water partition coefficient (Wildman–Crippen LogP) is 0.454. The molecule has 0 saturated carbocycles. The van der Waals surface area contributed by atoms with Gasteiger partial charge in [-0.2, -0.15) is 0 Å². The molecule has 1 aromatic carbocycles. The summed E-state index contributed by atoms with van der Waals surface area (Å²) < 4.78 is 18.3. The molecular weight excluding hydrogens is 345 g/mol. The predicted molar refractivity (Wildman–Crippen MR) is 89.6 cm³/mol. The van der Waals surface area contributed by atoms with Gasteiger partial charge in [-0.05, 0) is 25.1 Å². The molecule has 0 saturated heterocycles. The summed E-state index contributed by atoms with van der Waals surface area (Å²) in [5.41, 5.74) is 10.2. The number of nitrogens with zero attached hydrogens (tertiary/aromatic N) is 2. The molecule has 0 spiro atoms. The van der Waals surface area contributed by atoms with Crippen LogP contribution in [-0.2, 0) is 9.53 Å². The SMILES string of the molecule is COC(=O)c1cc(-c2nc(NC(C)C(N)=O)cc(C(N)=O)n2)ccc1F. The number of halogens is 1. The third kappa shape index (κ3) is 4.09. The van der Waals surface area contributed by atoms with E-state index in [4.69, 9.17) is 11.5 Å². The van der Waals surface area contributed by atoms with Gasteiger partial charge in [0.1, 0.15) is 23.4 Å². The topological polar surface area (TPSA) is 150 Å². The van der Waals surface area contributed by atoms with Gasteiger partial charge in [0.05, 0.1) is 12.7 Å². The summed E-state index contributed by atoms with van der Waals surface area (Å²) in [5.74, 6) is -3.03. The van der Waals surface area contributed by atoms with Crippen molar-refractivity contribution in [3.05, 3.63) is 41.3 Å². The summed E-state index contributed by atoms with van der Waals surface area (Å²) in [7, 11) is 1.12. The van der Waals surface area contributed by atoms with Gasteiger partial charge in [0.25, 0.3) is 5.91 Å². The largest absolute Gasteiger partial charge is 0.465 e. The van der Waals surface area contributed by atoms with Gasteiger partial charge in [-0.1, -0.05) is 0 Å². The number of rotatable bonds is 6. The van der Waals surface area contributed by atoms with Crippen LogP contribution in [0.25, 0.3) is 11.4 Å². The minimum absolute atomic E-state index is 0.00868. The van der Waals surface area contributed by atoms with Crippen molar-refractivity contribution in [2.75, 3.05) is 12.4 Å². The zero-order valence-corrected chi connectivity index (χ0v) is 13.9. The van der Waals surface area contributed by atoms with E-state index in [9.17, 15) is 18.8 Å². The van der Waals surface area contributed by atoms with Gasteiger partial charge in [0.15, 0.2) is 5.82 Å². The van der Waals surface area contributed by atoms with E-state index in [2.05, 4.69) is 20.0 Å². The van der Waals surface area contributed by atoms with Crippen LogP contribution in [0.5, 0.6) is 0 Å². The molecule has 5 N–H and O–H groups in total. The molecule has 0 radical (unpaired) electrons. The Balaban J connectivity index is 2.55. The van der Waals surface area contributed by atoms with E-state index < -0.39 is 29.6 Å².